The molecule has 1 aliphatic heterocycles. The Hall–Kier alpha value is -0.120. The highest BCUT2D eigenvalue weighted by atomic mass is 15.2. The summed E-state index contributed by atoms with van der Waals surface area (Å²) in [4.78, 5) is 5.05. The van der Waals surface area contributed by atoms with Crippen molar-refractivity contribution >= 4 is 0 Å². The van der Waals surface area contributed by atoms with Gasteiger partial charge in [-0.05, 0) is 58.9 Å². The number of hydrogen-bond acceptors (Lipinski definition) is 3. The van der Waals surface area contributed by atoms with E-state index in [4.69, 9.17) is 0 Å². The largest absolute Gasteiger partial charge is 0.319 e. The summed E-state index contributed by atoms with van der Waals surface area (Å²) >= 11 is 0. The summed E-state index contributed by atoms with van der Waals surface area (Å²) in [5.74, 6) is 1.52. The van der Waals surface area contributed by atoms with Crippen molar-refractivity contribution in [2.75, 3.05) is 47.3 Å². The second-order valence-electron chi connectivity index (χ2n) is 6.06. The molecule has 0 saturated carbocycles. The first-order valence-electron chi connectivity index (χ1n) is 7.08. The van der Waals surface area contributed by atoms with Crippen LogP contribution in [0.2, 0.25) is 0 Å². The third-order valence-electron chi connectivity index (χ3n) is 4.15. The first kappa shape index (κ1) is 14.9. The molecule has 1 aliphatic rings. The van der Waals surface area contributed by atoms with E-state index in [0.717, 1.165) is 24.4 Å². The van der Waals surface area contributed by atoms with E-state index in [2.05, 4.69) is 50.1 Å². The van der Waals surface area contributed by atoms with Gasteiger partial charge in [0.25, 0.3) is 0 Å². The normalized spacial score (nSPS) is 24.5. The van der Waals surface area contributed by atoms with Crippen LogP contribution in [0.4, 0.5) is 0 Å². The van der Waals surface area contributed by atoms with Crippen LogP contribution < -0.4 is 5.32 Å². The fourth-order valence-electron chi connectivity index (χ4n) is 2.79. The third-order valence-corrected chi connectivity index (χ3v) is 4.15. The predicted molar refractivity (Wildman–Crippen MR) is 75.4 cm³/mol. The van der Waals surface area contributed by atoms with Gasteiger partial charge in [0.2, 0.25) is 0 Å². The lowest BCUT2D eigenvalue weighted by Gasteiger charge is -2.38. The minimum absolute atomic E-state index is 0.756. The van der Waals surface area contributed by atoms with Crippen molar-refractivity contribution in [3.63, 3.8) is 0 Å². The Morgan fingerprint density at radius 3 is 2.65 bits per heavy atom. The lowest BCUT2D eigenvalue weighted by molar-refractivity contribution is 0.111. The molecule has 3 heteroatoms. The first-order chi connectivity index (χ1) is 8.04. The van der Waals surface area contributed by atoms with E-state index in [0.29, 0.717) is 0 Å². The van der Waals surface area contributed by atoms with Crippen molar-refractivity contribution in [1.29, 1.82) is 0 Å². The zero-order valence-electron chi connectivity index (χ0n) is 12.4. The van der Waals surface area contributed by atoms with E-state index >= 15 is 0 Å². The molecule has 0 spiro atoms. The highest BCUT2D eigenvalue weighted by Crippen LogP contribution is 2.17. The monoisotopic (exact) mass is 241 g/mol. The van der Waals surface area contributed by atoms with Crippen LogP contribution in [0, 0.1) is 11.8 Å². The molecule has 1 rings (SSSR count). The average molecular weight is 241 g/mol. The molecule has 1 N–H and O–H groups in total. The molecule has 17 heavy (non-hydrogen) atoms. The highest BCUT2D eigenvalue weighted by molar-refractivity contribution is 4.80. The number of likely N-dealkylation sites (tertiary alicyclic amines) is 1. The Morgan fingerprint density at radius 1 is 1.41 bits per heavy atom. The fourth-order valence-corrected chi connectivity index (χ4v) is 2.79. The van der Waals surface area contributed by atoms with Crippen LogP contribution in [0.15, 0.2) is 0 Å². The fraction of sp³-hybridized carbons (Fsp3) is 1.00. The number of nitrogens with zero attached hydrogens (tertiary/aromatic N) is 2. The van der Waals surface area contributed by atoms with Gasteiger partial charge in [0.1, 0.15) is 0 Å². The summed E-state index contributed by atoms with van der Waals surface area (Å²) in [6.07, 6.45) is 2.72. The molecule has 102 valence electrons. The van der Waals surface area contributed by atoms with Gasteiger partial charge < -0.3 is 15.1 Å². The van der Waals surface area contributed by atoms with Crippen LogP contribution in [-0.4, -0.2) is 63.2 Å². The standard InChI is InChI=1S/C14H31N3/c1-12(2)13(9-15-3)10-17(5)14-7-6-8-16(4)11-14/h12-15H,6-11H2,1-5H3. The Bertz CT molecular complexity index is 206. The smallest absolute Gasteiger partial charge is 0.0220 e. The summed E-state index contributed by atoms with van der Waals surface area (Å²) in [6.45, 7) is 9.53. The number of rotatable bonds is 6. The quantitative estimate of drug-likeness (QED) is 0.760. The molecule has 1 saturated heterocycles. The number of nitrogens with one attached hydrogen (secondary N) is 1. The van der Waals surface area contributed by atoms with Gasteiger partial charge in [-0.15, -0.1) is 0 Å². The zero-order valence-corrected chi connectivity index (χ0v) is 12.4. The molecule has 0 aromatic rings. The van der Waals surface area contributed by atoms with Crippen LogP contribution in [0.1, 0.15) is 26.7 Å². The van der Waals surface area contributed by atoms with E-state index in [1.54, 1.807) is 0 Å². The molecular formula is C14H31N3. The number of hydrogen-bond donors (Lipinski definition) is 1. The SMILES string of the molecule is CNCC(CN(C)C1CCCN(C)C1)C(C)C. The van der Waals surface area contributed by atoms with Gasteiger partial charge in [0.05, 0.1) is 0 Å². The molecule has 0 radical (unpaired) electrons. The summed E-state index contributed by atoms with van der Waals surface area (Å²) in [7, 11) is 6.60. The molecule has 2 unspecified atom stereocenters. The van der Waals surface area contributed by atoms with Crippen molar-refractivity contribution in [2.24, 2.45) is 11.8 Å². The average Bonchev–Trinajstić information content (AvgIpc) is 2.28. The van der Waals surface area contributed by atoms with Crippen molar-refractivity contribution in [2.45, 2.75) is 32.7 Å². The van der Waals surface area contributed by atoms with E-state index in [1.807, 2.05) is 0 Å². The molecule has 0 aliphatic carbocycles. The Morgan fingerprint density at radius 2 is 2.12 bits per heavy atom. The summed E-state index contributed by atoms with van der Waals surface area (Å²) in [5, 5.41) is 3.33. The molecular weight excluding hydrogens is 210 g/mol. The molecule has 0 aromatic carbocycles. The van der Waals surface area contributed by atoms with Crippen LogP contribution >= 0.6 is 0 Å². The molecule has 1 heterocycles. The molecule has 0 amide bonds. The van der Waals surface area contributed by atoms with Crippen LogP contribution in [0.3, 0.4) is 0 Å². The first-order valence-corrected chi connectivity index (χ1v) is 7.08. The topological polar surface area (TPSA) is 18.5 Å². The van der Waals surface area contributed by atoms with Gasteiger partial charge >= 0.3 is 0 Å². The van der Waals surface area contributed by atoms with Crippen LogP contribution in [0.5, 0.6) is 0 Å². The zero-order chi connectivity index (χ0) is 12.8. The molecule has 3 nitrogen and oxygen atoms in total. The van der Waals surface area contributed by atoms with Gasteiger partial charge in [-0.1, -0.05) is 13.8 Å². The number of piperidine rings is 1. The summed E-state index contributed by atoms with van der Waals surface area (Å²) in [6, 6.07) is 0.756. The minimum Gasteiger partial charge on any atom is -0.319 e. The Labute approximate surface area is 108 Å². The second kappa shape index (κ2) is 7.34. The van der Waals surface area contributed by atoms with Crippen molar-refractivity contribution in [3.05, 3.63) is 0 Å². The molecule has 2 atom stereocenters. The highest BCUT2D eigenvalue weighted by Gasteiger charge is 2.23. The van der Waals surface area contributed by atoms with Crippen molar-refractivity contribution < 1.29 is 0 Å². The maximum absolute atomic E-state index is 3.33. The van der Waals surface area contributed by atoms with Crippen molar-refractivity contribution in [3.8, 4) is 0 Å². The maximum atomic E-state index is 3.33. The lowest BCUT2D eigenvalue weighted by atomic mass is 9.94. The second-order valence-corrected chi connectivity index (χ2v) is 6.06. The Kier molecular flexibility index (Phi) is 6.45. The molecule has 0 aromatic heterocycles. The van der Waals surface area contributed by atoms with Gasteiger partial charge in [0, 0.05) is 19.1 Å². The van der Waals surface area contributed by atoms with Gasteiger partial charge in [-0.2, -0.15) is 0 Å². The molecule has 1 fully saturated rings. The van der Waals surface area contributed by atoms with Gasteiger partial charge in [-0.3, -0.25) is 0 Å². The van der Waals surface area contributed by atoms with Crippen LogP contribution in [-0.2, 0) is 0 Å². The molecule has 0 bridgehead atoms. The maximum Gasteiger partial charge on any atom is 0.0220 e. The summed E-state index contributed by atoms with van der Waals surface area (Å²) < 4.78 is 0. The van der Waals surface area contributed by atoms with E-state index in [9.17, 15) is 0 Å². The number of likely N-dealkylation sites (N-methyl/N-ethyl adjacent to an activating group) is 2. The van der Waals surface area contributed by atoms with Gasteiger partial charge in [-0.25, -0.2) is 0 Å². The minimum atomic E-state index is 0.756. The van der Waals surface area contributed by atoms with E-state index < -0.39 is 0 Å². The predicted octanol–water partition coefficient (Wildman–Crippen LogP) is 1.50. The van der Waals surface area contributed by atoms with Crippen LogP contribution in [0.25, 0.3) is 0 Å². The van der Waals surface area contributed by atoms with E-state index in [1.165, 1.54) is 32.5 Å². The Balaban J connectivity index is 2.42. The summed E-state index contributed by atoms with van der Waals surface area (Å²) in [5.41, 5.74) is 0. The van der Waals surface area contributed by atoms with Crippen molar-refractivity contribution in [1.82, 2.24) is 15.1 Å². The lowest BCUT2D eigenvalue weighted by Crippen LogP contribution is -2.47. The van der Waals surface area contributed by atoms with Gasteiger partial charge in [0.15, 0.2) is 0 Å². The third kappa shape index (κ3) is 4.94. The van der Waals surface area contributed by atoms with E-state index in [-0.39, 0.29) is 0 Å².